The zero-order chi connectivity index (χ0) is 12.7. The van der Waals surface area contributed by atoms with Gasteiger partial charge in [0.1, 0.15) is 5.82 Å². The highest BCUT2D eigenvalue weighted by molar-refractivity contribution is 5.42. The number of hydrogen-bond acceptors (Lipinski definition) is 2. The van der Waals surface area contributed by atoms with E-state index in [1.165, 1.54) is 18.6 Å². The van der Waals surface area contributed by atoms with E-state index in [0.29, 0.717) is 6.04 Å². The van der Waals surface area contributed by atoms with Crippen molar-refractivity contribution in [3.63, 3.8) is 0 Å². The molecule has 0 aliphatic carbocycles. The van der Waals surface area contributed by atoms with Crippen molar-refractivity contribution in [1.82, 2.24) is 4.90 Å². The Bertz CT molecular complexity index is 311. The summed E-state index contributed by atoms with van der Waals surface area (Å²) in [6, 6.07) is 7.13. The third-order valence-corrected chi connectivity index (χ3v) is 3.19. The first kappa shape index (κ1) is 14.0. The van der Waals surface area contributed by atoms with Crippen LogP contribution < -0.4 is 5.32 Å². The Balaban J connectivity index is 2.33. The van der Waals surface area contributed by atoms with E-state index in [4.69, 9.17) is 0 Å². The van der Waals surface area contributed by atoms with Crippen LogP contribution in [0.15, 0.2) is 24.3 Å². The largest absolute Gasteiger partial charge is 0.384 e. The molecule has 1 aromatic carbocycles. The number of anilines is 1. The molecule has 3 heteroatoms. The number of likely N-dealkylation sites (N-methyl/N-ethyl adjacent to an activating group) is 1. The van der Waals surface area contributed by atoms with Gasteiger partial charge in [-0.1, -0.05) is 13.8 Å². The molecule has 0 aromatic heterocycles. The van der Waals surface area contributed by atoms with Crippen LogP contribution in [0, 0.1) is 5.82 Å². The van der Waals surface area contributed by atoms with Crippen molar-refractivity contribution in [2.45, 2.75) is 33.2 Å². The fourth-order valence-electron chi connectivity index (χ4n) is 1.86. The number of benzene rings is 1. The molecular weight excluding hydrogens is 215 g/mol. The molecule has 1 unspecified atom stereocenters. The van der Waals surface area contributed by atoms with Gasteiger partial charge in [-0.05, 0) is 44.2 Å². The number of rotatable bonds is 7. The molecule has 1 N–H and O–H groups in total. The molecule has 0 saturated carbocycles. The first-order valence-electron chi connectivity index (χ1n) is 6.40. The summed E-state index contributed by atoms with van der Waals surface area (Å²) in [4.78, 5) is 2.44. The van der Waals surface area contributed by atoms with E-state index < -0.39 is 0 Å². The summed E-state index contributed by atoms with van der Waals surface area (Å²) < 4.78 is 12.7. The molecular formula is C14H23FN2. The lowest BCUT2D eigenvalue weighted by Crippen LogP contribution is -2.36. The standard InChI is InChI=1S/C14H23FN2/c1-4-12(3)17(5-2)11-10-16-14-8-6-13(15)7-9-14/h6-9,12,16H,4-5,10-11H2,1-3H3. The number of nitrogens with zero attached hydrogens (tertiary/aromatic N) is 1. The van der Waals surface area contributed by atoms with Crippen molar-refractivity contribution in [1.29, 1.82) is 0 Å². The van der Waals surface area contributed by atoms with Crippen LogP contribution in [-0.4, -0.2) is 30.6 Å². The van der Waals surface area contributed by atoms with Crippen molar-refractivity contribution >= 4 is 5.69 Å². The molecule has 96 valence electrons. The summed E-state index contributed by atoms with van der Waals surface area (Å²) in [6.07, 6.45) is 1.17. The highest BCUT2D eigenvalue weighted by atomic mass is 19.1. The minimum absolute atomic E-state index is 0.190. The third kappa shape index (κ3) is 4.73. The fourth-order valence-corrected chi connectivity index (χ4v) is 1.86. The maximum absolute atomic E-state index is 12.7. The van der Waals surface area contributed by atoms with Crippen LogP contribution in [0.5, 0.6) is 0 Å². The van der Waals surface area contributed by atoms with Crippen molar-refractivity contribution < 1.29 is 4.39 Å². The Kier molecular flexibility index (Phi) is 5.98. The van der Waals surface area contributed by atoms with E-state index in [1.807, 2.05) is 0 Å². The summed E-state index contributed by atoms with van der Waals surface area (Å²) in [5, 5.41) is 3.31. The molecule has 1 aromatic rings. The zero-order valence-electron chi connectivity index (χ0n) is 11.0. The predicted octanol–water partition coefficient (Wildman–Crippen LogP) is 3.36. The van der Waals surface area contributed by atoms with Gasteiger partial charge in [0.15, 0.2) is 0 Å². The second-order valence-electron chi connectivity index (χ2n) is 4.32. The third-order valence-electron chi connectivity index (χ3n) is 3.19. The highest BCUT2D eigenvalue weighted by Crippen LogP contribution is 2.08. The number of halogens is 1. The maximum Gasteiger partial charge on any atom is 0.123 e. The topological polar surface area (TPSA) is 15.3 Å². The van der Waals surface area contributed by atoms with Crippen molar-refractivity contribution in [2.24, 2.45) is 0 Å². The van der Waals surface area contributed by atoms with Gasteiger partial charge in [-0.15, -0.1) is 0 Å². The second-order valence-corrected chi connectivity index (χ2v) is 4.32. The Morgan fingerprint density at radius 1 is 1.24 bits per heavy atom. The van der Waals surface area contributed by atoms with Crippen LogP contribution in [0.1, 0.15) is 27.2 Å². The smallest absolute Gasteiger partial charge is 0.123 e. The van der Waals surface area contributed by atoms with E-state index in [2.05, 4.69) is 31.0 Å². The SMILES string of the molecule is CCC(C)N(CC)CCNc1ccc(F)cc1. The molecule has 0 aliphatic rings. The Hall–Kier alpha value is -1.09. The average molecular weight is 238 g/mol. The van der Waals surface area contributed by atoms with Crippen molar-refractivity contribution in [3.8, 4) is 0 Å². The van der Waals surface area contributed by atoms with Crippen LogP contribution in [-0.2, 0) is 0 Å². The number of hydrogen-bond donors (Lipinski definition) is 1. The second kappa shape index (κ2) is 7.28. The molecule has 0 bridgehead atoms. The summed E-state index contributed by atoms with van der Waals surface area (Å²) >= 11 is 0. The summed E-state index contributed by atoms with van der Waals surface area (Å²) in [6.45, 7) is 9.62. The van der Waals surface area contributed by atoms with E-state index in [1.54, 1.807) is 12.1 Å². The average Bonchev–Trinajstić information content (AvgIpc) is 2.36. The van der Waals surface area contributed by atoms with E-state index in [9.17, 15) is 4.39 Å². The molecule has 0 heterocycles. The van der Waals surface area contributed by atoms with Crippen LogP contribution in [0.25, 0.3) is 0 Å². The van der Waals surface area contributed by atoms with Gasteiger partial charge in [0.25, 0.3) is 0 Å². The Morgan fingerprint density at radius 2 is 1.88 bits per heavy atom. The predicted molar refractivity (Wildman–Crippen MR) is 71.9 cm³/mol. The lowest BCUT2D eigenvalue weighted by Gasteiger charge is -2.27. The first-order valence-corrected chi connectivity index (χ1v) is 6.40. The molecule has 0 radical (unpaired) electrons. The Labute approximate surface area is 104 Å². The van der Waals surface area contributed by atoms with Gasteiger partial charge < -0.3 is 5.32 Å². The van der Waals surface area contributed by atoms with Crippen LogP contribution in [0.4, 0.5) is 10.1 Å². The van der Waals surface area contributed by atoms with Crippen molar-refractivity contribution in [3.05, 3.63) is 30.1 Å². The molecule has 1 rings (SSSR count). The summed E-state index contributed by atoms with van der Waals surface area (Å²) in [7, 11) is 0. The molecule has 0 amide bonds. The van der Waals surface area contributed by atoms with Gasteiger partial charge in [0.05, 0.1) is 0 Å². The highest BCUT2D eigenvalue weighted by Gasteiger charge is 2.08. The fraction of sp³-hybridized carbons (Fsp3) is 0.571. The van der Waals surface area contributed by atoms with Crippen LogP contribution >= 0.6 is 0 Å². The molecule has 2 nitrogen and oxygen atoms in total. The molecule has 1 atom stereocenters. The van der Waals surface area contributed by atoms with E-state index >= 15 is 0 Å². The lowest BCUT2D eigenvalue weighted by molar-refractivity contribution is 0.223. The minimum atomic E-state index is -0.190. The van der Waals surface area contributed by atoms with Crippen molar-refractivity contribution in [2.75, 3.05) is 25.0 Å². The Morgan fingerprint density at radius 3 is 2.41 bits per heavy atom. The molecule has 0 fully saturated rings. The lowest BCUT2D eigenvalue weighted by atomic mass is 10.2. The maximum atomic E-state index is 12.7. The van der Waals surface area contributed by atoms with Gasteiger partial charge in [-0.3, -0.25) is 4.90 Å². The van der Waals surface area contributed by atoms with Gasteiger partial charge in [-0.25, -0.2) is 4.39 Å². The monoisotopic (exact) mass is 238 g/mol. The van der Waals surface area contributed by atoms with Gasteiger partial charge >= 0.3 is 0 Å². The van der Waals surface area contributed by atoms with E-state index in [-0.39, 0.29) is 5.82 Å². The van der Waals surface area contributed by atoms with Gasteiger partial charge in [0.2, 0.25) is 0 Å². The minimum Gasteiger partial charge on any atom is -0.384 e. The number of nitrogens with one attached hydrogen (secondary N) is 1. The quantitative estimate of drug-likeness (QED) is 0.783. The van der Waals surface area contributed by atoms with Gasteiger partial charge in [-0.2, -0.15) is 0 Å². The molecule has 0 aliphatic heterocycles. The van der Waals surface area contributed by atoms with Crippen LogP contribution in [0.3, 0.4) is 0 Å². The van der Waals surface area contributed by atoms with E-state index in [0.717, 1.165) is 25.3 Å². The first-order chi connectivity index (χ1) is 8.17. The van der Waals surface area contributed by atoms with Crippen LogP contribution in [0.2, 0.25) is 0 Å². The zero-order valence-corrected chi connectivity index (χ0v) is 11.0. The van der Waals surface area contributed by atoms with Gasteiger partial charge in [0, 0.05) is 24.8 Å². The normalized spacial score (nSPS) is 12.8. The molecule has 0 spiro atoms. The molecule has 17 heavy (non-hydrogen) atoms. The summed E-state index contributed by atoms with van der Waals surface area (Å²) in [5.41, 5.74) is 0.978. The summed E-state index contributed by atoms with van der Waals surface area (Å²) in [5.74, 6) is -0.190. The molecule has 0 saturated heterocycles.